The minimum absolute atomic E-state index is 0.295. The highest BCUT2D eigenvalue weighted by Crippen LogP contribution is 2.30. The van der Waals surface area contributed by atoms with Crippen LogP contribution >= 0.6 is 0 Å². The van der Waals surface area contributed by atoms with E-state index in [2.05, 4.69) is 46.4 Å². The molecule has 0 radical (unpaired) electrons. The third kappa shape index (κ3) is 1.84. The fraction of sp³-hybridized carbons (Fsp3) is 0.111. The number of benzene rings is 2. The lowest BCUT2D eigenvalue weighted by Gasteiger charge is -2.07. The van der Waals surface area contributed by atoms with Gasteiger partial charge < -0.3 is 9.72 Å². The number of carbonyl (C=O) groups is 1. The zero-order valence-electron chi connectivity index (χ0n) is 12.1. The first-order chi connectivity index (χ1) is 10.8. The second kappa shape index (κ2) is 4.84. The van der Waals surface area contributed by atoms with Crippen molar-refractivity contribution in [1.82, 2.24) is 9.97 Å². The van der Waals surface area contributed by atoms with Gasteiger partial charge in [-0.1, -0.05) is 36.4 Å². The van der Waals surface area contributed by atoms with Crippen molar-refractivity contribution in [2.75, 3.05) is 6.61 Å². The van der Waals surface area contributed by atoms with E-state index in [0.29, 0.717) is 12.3 Å². The van der Waals surface area contributed by atoms with Crippen molar-refractivity contribution in [3.63, 3.8) is 0 Å². The Morgan fingerprint density at radius 2 is 1.95 bits per heavy atom. The predicted octanol–water partition coefficient (Wildman–Crippen LogP) is 4.05. The minimum atomic E-state index is -0.410. The van der Waals surface area contributed by atoms with Gasteiger partial charge in [-0.25, -0.2) is 9.78 Å². The topological polar surface area (TPSA) is 55.0 Å². The number of fused-ring (bicyclic) bond motifs is 5. The fourth-order valence-electron chi connectivity index (χ4n) is 2.87. The molecule has 3 aromatic carbocycles. The van der Waals surface area contributed by atoms with Gasteiger partial charge in [0.05, 0.1) is 17.6 Å². The van der Waals surface area contributed by atoms with Gasteiger partial charge in [0.2, 0.25) is 0 Å². The van der Waals surface area contributed by atoms with Crippen LogP contribution in [0.1, 0.15) is 17.4 Å². The summed E-state index contributed by atoms with van der Waals surface area (Å²) in [6, 6.07) is 14.4. The van der Waals surface area contributed by atoms with Gasteiger partial charge in [-0.15, -0.1) is 0 Å². The van der Waals surface area contributed by atoms with Gasteiger partial charge in [0.1, 0.15) is 0 Å². The van der Waals surface area contributed by atoms with Crippen LogP contribution in [0.5, 0.6) is 0 Å². The Hall–Kier alpha value is -2.88. The van der Waals surface area contributed by atoms with Crippen molar-refractivity contribution < 1.29 is 9.53 Å². The summed E-state index contributed by atoms with van der Waals surface area (Å²) in [4.78, 5) is 19.4. The molecule has 0 unspecified atom stereocenters. The van der Waals surface area contributed by atoms with Crippen molar-refractivity contribution in [1.29, 1.82) is 0 Å². The first-order valence-electron chi connectivity index (χ1n) is 7.24. The average molecular weight is 290 g/mol. The molecule has 0 bridgehead atoms. The van der Waals surface area contributed by atoms with Crippen LogP contribution in [-0.2, 0) is 4.74 Å². The summed E-state index contributed by atoms with van der Waals surface area (Å²) < 4.78 is 4.99. The lowest BCUT2D eigenvalue weighted by atomic mass is 10.0. The van der Waals surface area contributed by atoms with Gasteiger partial charge in [-0.3, -0.25) is 0 Å². The maximum absolute atomic E-state index is 11.8. The number of rotatable bonds is 2. The minimum Gasteiger partial charge on any atom is -0.461 e. The van der Waals surface area contributed by atoms with E-state index in [9.17, 15) is 4.79 Å². The van der Waals surface area contributed by atoms with Gasteiger partial charge in [0.15, 0.2) is 5.69 Å². The van der Waals surface area contributed by atoms with E-state index < -0.39 is 5.97 Å². The number of hydrogen-bond acceptors (Lipinski definition) is 3. The summed E-state index contributed by atoms with van der Waals surface area (Å²) in [6.07, 6.45) is 1.61. The molecule has 1 aromatic heterocycles. The molecule has 0 aliphatic carbocycles. The number of esters is 1. The molecule has 22 heavy (non-hydrogen) atoms. The highest BCUT2D eigenvalue weighted by Gasteiger charge is 2.11. The molecule has 1 heterocycles. The molecular formula is C18H14N2O2. The van der Waals surface area contributed by atoms with Gasteiger partial charge in [-0.05, 0) is 29.1 Å². The number of carbonyl (C=O) groups excluding carboxylic acids is 1. The maximum atomic E-state index is 11.8. The van der Waals surface area contributed by atoms with Crippen molar-refractivity contribution in [2.24, 2.45) is 0 Å². The highest BCUT2D eigenvalue weighted by atomic mass is 16.5. The Morgan fingerprint density at radius 1 is 1.09 bits per heavy atom. The molecule has 4 rings (SSSR count). The number of nitrogens with zero attached hydrogens (tertiary/aromatic N) is 1. The first kappa shape index (κ1) is 12.8. The summed E-state index contributed by atoms with van der Waals surface area (Å²) in [5.41, 5.74) is 1.97. The molecule has 0 saturated carbocycles. The number of ether oxygens (including phenoxy) is 1. The first-order valence-corrected chi connectivity index (χ1v) is 7.24. The maximum Gasteiger partial charge on any atom is 0.358 e. The van der Waals surface area contributed by atoms with E-state index in [1.54, 1.807) is 13.1 Å². The van der Waals surface area contributed by atoms with Crippen molar-refractivity contribution in [2.45, 2.75) is 6.92 Å². The molecule has 108 valence electrons. The lowest BCUT2D eigenvalue weighted by Crippen LogP contribution is -2.07. The van der Waals surface area contributed by atoms with Crippen molar-refractivity contribution >= 4 is 38.5 Å². The lowest BCUT2D eigenvalue weighted by molar-refractivity contribution is 0.0519. The summed E-state index contributed by atoms with van der Waals surface area (Å²) in [7, 11) is 0. The molecule has 4 heteroatoms. The molecule has 0 aliphatic rings. The Bertz CT molecular complexity index is 1020. The molecule has 4 aromatic rings. The van der Waals surface area contributed by atoms with Crippen LogP contribution in [0.3, 0.4) is 0 Å². The Morgan fingerprint density at radius 3 is 2.82 bits per heavy atom. The van der Waals surface area contributed by atoms with Crippen LogP contribution in [0.25, 0.3) is 32.6 Å². The van der Waals surface area contributed by atoms with Crippen LogP contribution in [0, 0.1) is 0 Å². The standard InChI is InChI=1S/C18H14N2O2/c1-2-22-18(21)16-10-19-17-14-7-6-11-4-3-5-12(11)13(14)8-9-15(17)20-16/h3-10,19H,2H2,1H3. The molecule has 0 amide bonds. The molecule has 0 saturated heterocycles. The zero-order chi connectivity index (χ0) is 15.1. The molecule has 0 aliphatic heterocycles. The number of hydrogen-bond donors (Lipinski definition) is 1. The molecule has 0 spiro atoms. The number of aromatic nitrogens is 2. The quantitative estimate of drug-likeness (QED) is 0.447. The van der Waals surface area contributed by atoms with Gasteiger partial charge in [-0.2, -0.15) is 0 Å². The van der Waals surface area contributed by atoms with E-state index in [1.807, 2.05) is 6.07 Å². The van der Waals surface area contributed by atoms with Crippen LogP contribution in [0.15, 0.2) is 48.7 Å². The predicted molar refractivity (Wildman–Crippen MR) is 87.1 cm³/mol. The van der Waals surface area contributed by atoms with Gasteiger partial charge in [0.25, 0.3) is 0 Å². The zero-order valence-corrected chi connectivity index (χ0v) is 12.1. The Balaban J connectivity index is 1.98. The molecule has 1 N–H and O–H groups in total. The molecule has 0 atom stereocenters. The Labute approximate surface area is 126 Å². The smallest absolute Gasteiger partial charge is 0.358 e. The highest BCUT2D eigenvalue weighted by molar-refractivity contribution is 6.15. The fourth-order valence-corrected chi connectivity index (χ4v) is 2.87. The van der Waals surface area contributed by atoms with Crippen LogP contribution in [-0.4, -0.2) is 22.5 Å². The monoisotopic (exact) mass is 290 g/mol. The second-order valence-corrected chi connectivity index (χ2v) is 5.16. The summed E-state index contributed by atoms with van der Waals surface area (Å²) in [6.45, 7) is 2.12. The summed E-state index contributed by atoms with van der Waals surface area (Å²) in [5.74, 6) is -0.410. The third-order valence-corrected chi connectivity index (χ3v) is 3.87. The second-order valence-electron chi connectivity index (χ2n) is 5.16. The number of H-pyrrole nitrogens is 1. The Kier molecular flexibility index (Phi) is 2.82. The van der Waals surface area contributed by atoms with Gasteiger partial charge >= 0.3 is 5.97 Å². The van der Waals surface area contributed by atoms with Crippen molar-refractivity contribution in [3.05, 3.63) is 54.4 Å². The number of nitrogens with one attached hydrogen (secondary N) is 1. The average Bonchev–Trinajstić information content (AvgIpc) is 3.03. The van der Waals surface area contributed by atoms with E-state index in [-0.39, 0.29) is 0 Å². The summed E-state index contributed by atoms with van der Waals surface area (Å²) >= 11 is 0. The van der Waals surface area contributed by atoms with Crippen LogP contribution in [0.4, 0.5) is 0 Å². The van der Waals surface area contributed by atoms with E-state index >= 15 is 0 Å². The van der Waals surface area contributed by atoms with Gasteiger partial charge in [0, 0.05) is 11.6 Å². The van der Waals surface area contributed by atoms with Crippen LogP contribution < -0.4 is 0 Å². The molecule has 0 fully saturated rings. The number of aromatic amines is 1. The van der Waals surface area contributed by atoms with E-state index in [4.69, 9.17) is 4.74 Å². The molecule has 4 nitrogen and oxygen atoms in total. The SMILES string of the molecule is CCOC(=O)c1c[nH]c2c(ccc3c4cccc4ccc32)n1. The largest absolute Gasteiger partial charge is 0.461 e. The van der Waals surface area contributed by atoms with E-state index in [1.165, 1.54) is 16.2 Å². The van der Waals surface area contributed by atoms with Crippen molar-refractivity contribution in [3.8, 4) is 0 Å². The molecular weight excluding hydrogens is 276 g/mol. The van der Waals surface area contributed by atoms with Crippen LogP contribution in [0.2, 0.25) is 0 Å². The third-order valence-electron chi connectivity index (χ3n) is 3.87. The van der Waals surface area contributed by atoms with E-state index in [0.717, 1.165) is 16.4 Å². The summed E-state index contributed by atoms with van der Waals surface area (Å²) in [5, 5.41) is 4.72. The normalized spacial score (nSPS) is 11.3.